The van der Waals surface area contributed by atoms with E-state index in [0.29, 0.717) is 12.5 Å². The van der Waals surface area contributed by atoms with E-state index in [2.05, 4.69) is 5.32 Å². The Kier molecular flexibility index (Phi) is 5.57. The Morgan fingerprint density at radius 3 is 2.65 bits per heavy atom. The third kappa shape index (κ3) is 4.58. The van der Waals surface area contributed by atoms with Crippen LogP contribution >= 0.6 is 0 Å². The first-order valence-corrected chi connectivity index (χ1v) is 6.21. The number of nitrogens with one attached hydrogen (secondary N) is 1. The highest BCUT2D eigenvalue weighted by Gasteiger charge is 2.17. The highest BCUT2D eigenvalue weighted by Crippen LogP contribution is 2.16. The van der Waals surface area contributed by atoms with E-state index in [1.54, 1.807) is 0 Å². The summed E-state index contributed by atoms with van der Waals surface area (Å²) < 4.78 is 13.6. The molecule has 7 heteroatoms. The Morgan fingerprint density at radius 2 is 2.15 bits per heavy atom. The van der Waals surface area contributed by atoms with E-state index < -0.39 is 28.4 Å². The number of amides is 1. The van der Waals surface area contributed by atoms with Crippen LogP contribution in [-0.4, -0.2) is 28.6 Å². The molecule has 0 radical (unpaired) electrons. The van der Waals surface area contributed by atoms with E-state index in [1.807, 2.05) is 13.8 Å². The third-order valence-corrected chi connectivity index (χ3v) is 2.65. The summed E-state index contributed by atoms with van der Waals surface area (Å²) in [6.45, 7) is 3.87. The second-order valence-electron chi connectivity index (χ2n) is 4.91. The Balaban J connectivity index is 2.66. The minimum absolute atomic E-state index is 0.00738. The van der Waals surface area contributed by atoms with E-state index in [-0.39, 0.29) is 18.0 Å². The van der Waals surface area contributed by atoms with Gasteiger partial charge < -0.3 is 10.4 Å². The SMILES string of the molecule is CC(C)CC(O)CNC(=O)c1ccc([N+](=O)[O-])cc1F. The van der Waals surface area contributed by atoms with Gasteiger partial charge in [0.15, 0.2) is 0 Å². The van der Waals surface area contributed by atoms with Crippen LogP contribution in [0.25, 0.3) is 0 Å². The van der Waals surface area contributed by atoms with Crippen LogP contribution in [0.2, 0.25) is 0 Å². The van der Waals surface area contributed by atoms with Crippen LogP contribution in [-0.2, 0) is 0 Å². The fraction of sp³-hybridized carbons (Fsp3) is 0.462. The molecule has 0 aromatic heterocycles. The van der Waals surface area contributed by atoms with Gasteiger partial charge in [0.05, 0.1) is 22.7 Å². The third-order valence-electron chi connectivity index (χ3n) is 2.65. The lowest BCUT2D eigenvalue weighted by Crippen LogP contribution is -2.33. The molecule has 0 aliphatic carbocycles. The summed E-state index contributed by atoms with van der Waals surface area (Å²) in [7, 11) is 0. The molecular weight excluding hydrogens is 267 g/mol. The summed E-state index contributed by atoms with van der Waals surface area (Å²) in [6, 6.07) is 2.81. The van der Waals surface area contributed by atoms with Gasteiger partial charge in [-0.1, -0.05) is 13.8 Å². The topological polar surface area (TPSA) is 92.5 Å². The summed E-state index contributed by atoms with van der Waals surface area (Å²) in [5, 5.41) is 22.5. The predicted molar refractivity (Wildman–Crippen MR) is 70.8 cm³/mol. The zero-order chi connectivity index (χ0) is 15.3. The molecule has 6 nitrogen and oxygen atoms in total. The lowest BCUT2D eigenvalue weighted by molar-refractivity contribution is -0.385. The van der Waals surface area contributed by atoms with E-state index in [0.717, 1.165) is 12.1 Å². The first-order valence-electron chi connectivity index (χ1n) is 6.21. The number of halogens is 1. The van der Waals surface area contributed by atoms with E-state index >= 15 is 0 Å². The number of nitrogens with zero attached hydrogens (tertiary/aromatic N) is 1. The average Bonchev–Trinajstić information content (AvgIpc) is 2.34. The molecule has 0 heterocycles. The molecule has 110 valence electrons. The number of hydrogen-bond acceptors (Lipinski definition) is 4. The van der Waals surface area contributed by atoms with Crippen LogP contribution in [0.15, 0.2) is 18.2 Å². The van der Waals surface area contributed by atoms with Gasteiger partial charge in [-0.2, -0.15) is 0 Å². The molecule has 0 bridgehead atoms. The highest BCUT2D eigenvalue weighted by atomic mass is 19.1. The quantitative estimate of drug-likeness (QED) is 0.616. The summed E-state index contributed by atoms with van der Waals surface area (Å²) in [4.78, 5) is 21.4. The number of carbonyl (C=O) groups excluding carboxylic acids is 1. The molecule has 0 aliphatic rings. The molecule has 0 saturated carbocycles. The first kappa shape index (κ1) is 16.0. The highest BCUT2D eigenvalue weighted by molar-refractivity contribution is 5.94. The maximum atomic E-state index is 13.6. The minimum Gasteiger partial charge on any atom is -0.391 e. The molecule has 1 amide bonds. The monoisotopic (exact) mass is 284 g/mol. The number of nitro groups is 1. The fourth-order valence-electron chi connectivity index (χ4n) is 1.73. The fourth-order valence-corrected chi connectivity index (χ4v) is 1.73. The van der Waals surface area contributed by atoms with Crippen molar-refractivity contribution in [2.75, 3.05) is 6.54 Å². The molecule has 0 aliphatic heterocycles. The number of rotatable bonds is 6. The van der Waals surface area contributed by atoms with Gasteiger partial charge in [-0.25, -0.2) is 4.39 Å². The lowest BCUT2D eigenvalue weighted by Gasteiger charge is -2.14. The second kappa shape index (κ2) is 6.95. The Morgan fingerprint density at radius 1 is 1.50 bits per heavy atom. The summed E-state index contributed by atoms with van der Waals surface area (Å²) in [5.74, 6) is -1.40. The largest absolute Gasteiger partial charge is 0.391 e. The molecule has 1 unspecified atom stereocenters. The van der Waals surface area contributed by atoms with Gasteiger partial charge in [-0.05, 0) is 18.4 Å². The Bertz CT molecular complexity index is 505. The molecule has 1 aromatic rings. The standard InChI is InChI=1S/C13H17FN2O4/c1-8(2)5-10(17)7-15-13(18)11-4-3-9(16(19)20)6-12(11)14/h3-4,6,8,10,17H,5,7H2,1-2H3,(H,15,18). The Labute approximate surface area is 115 Å². The van der Waals surface area contributed by atoms with Crippen LogP contribution in [0.1, 0.15) is 30.6 Å². The number of non-ortho nitro benzene ring substituents is 1. The van der Waals surface area contributed by atoms with Gasteiger partial charge in [0.1, 0.15) is 5.82 Å². The summed E-state index contributed by atoms with van der Waals surface area (Å²) in [6.07, 6.45) is -0.191. The van der Waals surface area contributed by atoms with Gasteiger partial charge in [0.2, 0.25) is 0 Å². The minimum atomic E-state index is -0.963. The maximum Gasteiger partial charge on any atom is 0.272 e. The molecular formula is C13H17FN2O4. The summed E-state index contributed by atoms with van der Waals surface area (Å²) >= 11 is 0. The molecule has 1 aromatic carbocycles. The number of nitro benzene ring substituents is 1. The number of benzene rings is 1. The normalized spacial score (nSPS) is 12.2. The van der Waals surface area contributed by atoms with Crippen molar-refractivity contribution >= 4 is 11.6 Å². The van der Waals surface area contributed by atoms with Crippen molar-refractivity contribution in [1.82, 2.24) is 5.32 Å². The number of aliphatic hydroxyl groups excluding tert-OH is 1. The van der Waals surface area contributed by atoms with Gasteiger partial charge in [0, 0.05) is 12.6 Å². The molecule has 0 fully saturated rings. The number of carbonyl (C=O) groups is 1. The van der Waals surface area contributed by atoms with Crippen LogP contribution in [0.5, 0.6) is 0 Å². The van der Waals surface area contributed by atoms with Crippen molar-refractivity contribution in [3.8, 4) is 0 Å². The zero-order valence-corrected chi connectivity index (χ0v) is 11.3. The number of hydrogen-bond donors (Lipinski definition) is 2. The van der Waals surface area contributed by atoms with E-state index in [9.17, 15) is 24.4 Å². The molecule has 20 heavy (non-hydrogen) atoms. The number of aliphatic hydroxyl groups is 1. The smallest absolute Gasteiger partial charge is 0.272 e. The van der Waals surface area contributed by atoms with E-state index in [1.165, 1.54) is 0 Å². The molecule has 0 saturated heterocycles. The van der Waals surface area contributed by atoms with Gasteiger partial charge in [-0.3, -0.25) is 14.9 Å². The van der Waals surface area contributed by atoms with Crippen molar-refractivity contribution in [3.63, 3.8) is 0 Å². The van der Waals surface area contributed by atoms with Crippen molar-refractivity contribution < 1.29 is 19.2 Å². The van der Waals surface area contributed by atoms with Crippen molar-refractivity contribution in [2.45, 2.75) is 26.4 Å². The summed E-state index contributed by atoms with van der Waals surface area (Å²) in [5.41, 5.74) is -0.703. The van der Waals surface area contributed by atoms with Crippen LogP contribution in [0, 0.1) is 21.8 Å². The van der Waals surface area contributed by atoms with Gasteiger partial charge in [0.25, 0.3) is 11.6 Å². The van der Waals surface area contributed by atoms with Gasteiger partial charge in [-0.15, -0.1) is 0 Å². The van der Waals surface area contributed by atoms with Crippen molar-refractivity contribution in [1.29, 1.82) is 0 Å². The van der Waals surface area contributed by atoms with E-state index in [4.69, 9.17) is 0 Å². The molecule has 2 N–H and O–H groups in total. The lowest BCUT2D eigenvalue weighted by atomic mass is 10.1. The zero-order valence-electron chi connectivity index (χ0n) is 11.3. The van der Waals surface area contributed by atoms with Crippen molar-refractivity contribution in [2.24, 2.45) is 5.92 Å². The second-order valence-corrected chi connectivity index (χ2v) is 4.91. The van der Waals surface area contributed by atoms with Crippen molar-refractivity contribution in [3.05, 3.63) is 39.7 Å². The predicted octanol–water partition coefficient (Wildman–Crippen LogP) is 1.87. The first-order chi connectivity index (χ1) is 9.31. The van der Waals surface area contributed by atoms with Crippen LogP contribution < -0.4 is 5.32 Å². The molecule has 1 atom stereocenters. The molecule has 0 spiro atoms. The van der Waals surface area contributed by atoms with Crippen LogP contribution in [0.3, 0.4) is 0 Å². The average molecular weight is 284 g/mol. The van der Waals surface area contributed by atoms with Crippen LogP contribution in [0.4, 0.5) is 10.1 Å². The molecule has 1 rings (SSSR count). The maximum absolute atomic E-state index is 13.6. The van der Waals surface area contributed by atoms with Gasteiger partial charge >= 0.3 is 0 Å². The Hall–Kier alpha value is -2.02.